The van der Waals surface area contributed by atoms with Gasteiger partial charge in [0.05, 0.1) is 0 Å². The Kier molecular flexibility index (Phi) is 5.12. The molecule has 27 heavy (non-hydrogen) atoms. The van der Waals surface area contributed by atoms with E-state index < -0.39 is 0 Å². The third-order valence-corrected chi connectivity index (χ3v) is 4.77. The standard InChI is InChI=1S/C22H22N4O/c27-22(20-8-4-5-13-23-20)25-18-9-11-19(12-10-18)26-15-14-24-21(16-26)17-6-2-1-3-7-17/h1-13,21,24H,14-16H2,(H,25,27). The Balaban J connectivity index is 1.42. The molecule has 0 aliphatic carbocycles. The van der Waals surface area contributed by atoms with E-state index in [1.807, 2.05) is 18.2 Å². The zero-order valence-electron chi connectivity index (χ0n) is 15.0. The lowest BCUT2D eigenvalue weighted by Gasteiger charge is -2.35. The molecule has 5 heteroatoms. The van der Waals surface area contributed by atoms with Gasteiger partial charge < -0.3 is 15.5 Å². The Morgan fingerprint density at radius 1 is 1.00 bits per heavy atom. The van der Waals surface area contributed by atoms with Crippen molar-refractivity contribution in [3.8, 4) is 0 Å². The lowest BCUT2D eigenvalue weighted by molar-refractivity contribution is 0.102. The average Bonchev–Trinajstić information content (AvgIpc) is 2.75. The van der Waals surface area contributed by atoms with E-state index in [-0.39, 0.29) is 5.91 Å². The molecule has 2 N–H and O–H groups in total. The molecule has 0 radical (unpaired) electrons. The Morgan fingerprint density at radius 2 is 1.78 bits per heavy atom. The smallest absolute Gasteiger partial charge is 0.274 e. The highest BCUT2D eigenvalue weighted by Gasteiger charge is 2.20. The summed E-state index contributed by atoms with van der Waals surface area (Å²) in [5.74, 6) is -0.199. The number of nitrogens with zero attached hydrogens (tertiary/aromatic N) is 2. The van der Waals surface area contributed by atoms with Gasteiger partial charge in [0.2, 0.25) is 0 Å². The van der Waals surface area contributed by atoms with Gasteiger partial charge in [-0.3, -0.25) is 9.78 Å². The number of carbonyl (C=O) groups excluding carboxylic acids is 1. The number of anilines is 2. The van der Waals surface area contributed by atoms with Crippen molar-refractivity contribution in [1.29, 1.82) is 0 Å². The van der Waals surface area contributed by atoms with Crippen LogP contribution in [0.15, 0.2) is 79.0 Å². The number of nitrogens with one attached hydrogen (secondary N) is 2. The highest BCUT2D eigenvalue weighted by atomic mass is 16.1. The second kappa shape index (κ2) is 8.01. The van der Waals surface area contributed by atoms with Gasteiger partial charge in [-0.15, -0.1) is 0 Å². The number of hydrogen-bond acceptors (Lipinski definition) is 4. The van der Waals surface area contributed by atoms with Crippen LogP contribution < -0.4 is 15.5 Å². The van der Waals surface area contributed by atoms with Gasteiger partial charge in [-0.05, 0) is 42.0 Å². The van der Waals surface area contributed by atoms with Crippen molar-refractivity contribution in [3.63, 3.8) is 0 Å². The summed E-state index contributed by atoms with van der Waals surface area (Å²) in [6.07, 6.45) is 1.62. The van der Waals surface area contributed by atoms with Crippen LogP contribution in [0.3, 0.4) is 0 Å². The number of amides is 1. The van der Waals surface area contributed by atoms with E-state index in [1.54, 1.807) is 24.4 Å². The van der Waals surface area contributed by atoms with Gasteiger partial charge in [0.1, 0.15) is 5.69 Å². The van der Waals surface area contributed by atoms with Crippen LogP contribution in [0.1, 0.15) is 22.1 Å². The SMILES string of the molecule is O=C(Nc1ccc(N2CCNC(c3ccccc3)C2)cc1)c1ccccn1. The first-order valence-corrected chi connectivity index (χ1v) is 9.15. The van der Waals surface area contributed by atoms with Gasteiger partial charge in [0, 0.05) is 43.2 Å². The van der Waals surface area contributed by atoms with Crippen LogP contribution in [0.2, 0.25) is 0 Å². The Bertz CT molecular complexity index is 881. The number of rotatable bonds is 4. The minimum absolute atomic E-state index is 0.199. The van der Waals surface area contributed by atoms with Gasteiger partial charge in [0.25, 0.3) is 5.91 Å². The topological polar surface area (TPSA) is 57.3 Å². The monoisotopic (exact) mass is 358 g/mol. The third kappa shape index (κ3) is 4.15. The molecule has 1 aliphatic heterocycles. The molecule has 1 atom stereocenters. The molecule has 5 nitrogen and oxygen atoms in total. The summed E-state index contributed by atoms with van der Waals surface area (Å²) in [4.78, 5) is 18.7. The van der Waals surface area contributed by atoms with Crippen LogP contribution in [0, 0.1) is 0 Å². The fourth-order valence-electron chi connectivity index (χ4n) is 3.34. The van der Waals surface area contributed by atoms with Crippen LogP contribution >= 0.6 is 0 Å². The molecule has 0 spiro atoms. The first-order valence-electron chi connectivity index (χ1n) is 9.15. The van der Waals surface area contributed by atoms with Crippen molar-refractivity contribution < 1.29 is 4.79 Å². The maximum absolute atomic E-state index is 12.2. The van der Waals surface area contributed by atoms with Crippen molar-refractivity contribution in [2.24, 2.45) is 0 Å². The van der Waals surface area contributed by atoms with E-state index in [0.29, 0.717) is 11.7 Å². The maximum Gasteiger partial charge on any atom is 0.274 e. The highest BCUT2D eigenvalue weighted by Crippen LogP contribution is 2.24. The largest absolute Gasteiger partial charge is 0.368 e. The van der Waals surface area contributed by atoms with E-state index in [2.05, 4.69) is 56.9 Å². The summed E-state index contributed by atoms with van der Waals surface area (Å²) < 4.78 is 0. The van der Waals surface area contributed by atoms with Crippen LogP contribution in [0.25, 0.3) is 0 Å². The molecule has 1 unspecified atom stereocenters. The van der Waals surface area contributed by atoms with Gasteiger partial charge in [-0.1, -0.05) is 36.4 Å². The first-order chi connectivity index (χ1) is 13.3. The van der Waals surface area contributed by atoms with Gasteiger partial charge in [-0.25, -0.2) is 0 Å². The molecule has 3 aromatic rings. The molecule has 1 saturated heterocycles. The molecule has 136 valence electrons. The Hall–Kier alpha value is -3.18. The van der Waals surface area contributed by atoms with Crippen molar-refractivity contribution in [2.45, 2.75) is 6.04 Å². The summed E-state index contributed by atoms with van der Waals surface area (Å²) in [7, 11) is 0. The minimum atomic E-state index is -0.199. The molecular formula is C22H22N4O. The summed E-state index contributed by atoms with van der Waals surface area (Å²) in [6, 6.07) is 24.1. The fraction of sp³-hybridized carbons (Fsp3) is 0.182. The molecule has 0 bridgehead atoms. The molecule has 1 fully saturated rings. The number of hydrogen-bond donors (Lipinski definition) is 2. The molecule has 2 heterocycles. The number of piperazine rings is 1. The van der Waals surface area contributed by atoms with Crippen LogP contribution in [-0.2, 0) is 0 Å². The van der Waals surface area contributed by atoms with E-state index in [1.165, 1.54) is 5.56 Å². The van der Waals surface area contributed by atoms with E-state index in [4.69, 9.17) is 0 Å². The van der Waals surface area contributed by atoms with E-state index in [9.17, 15) is 4.79 Å². The van der Waals surface area contributed by atoms with E-state index in [0.717, 1.165) is 31.0 Å². The second-order valence-corrected chi connectivity index (χ2v) is 6.58. The molecular weight excluding hydrogens is 336 g/mol. The normalized spacial score (nSPS) is 16.7. The average molecular weight is 358 g/mol. The number of carbonyl (C=O) groups is 1. The zero-order chi connectivity index (χ0) is 18.5. The van der Waals surface area contributed by atoms with Gasteiger partial charge in [-0.2, -0.15) is 0 Å². The number of aromatic nitrogens is 1. The van der Waals surface area contributed by atoms with Crippen molar-refractivity contribution in [1.82, 2.24) is 10.3 Å². The second-order valence-electron chi connectivity index (χ2n) is 6.58. The maximum atomic E-state index is 12.2. The van der Waals surface area contributed by atoms with Gasteiger partial charge in [0.15, 0.2) is 0 Å². The number of pyridine rings is 1. The first kappa shape index (κ1) is 17.2. The van der Waals surface area contributed by atoms with Crippen LogP contribution in [0.5, 0.6) is 0 Å². The Labute approximate surface area is 159 Å². The molecule has 2 aromatic carbocycles. The van der Waals surface area contributed by atoms with Crippen molar-refractivity contribution >= 4 is 17.3 Å². The summed E-state index contributed by atoms with van der Waals surface area (Å²) in [5, 5.41) is 6.48. The molecule has 1 aromatic heterocycles. The zero-order valence-corrected chi connectivity index (χ0v) is 15.0. The molecule has 1 amide bonds. The molecule has 4 rings (SSSR count). The lowest BCUT2D eigenvalue weighted by Crippen LogP contribution is -2.45. The molecule has 0 saturated carbocycles. The lowest BCUT2D eigenvalue weighted by atomic mass is 10.0. The van der Waals surface area contributed by atoms with Crippen LogP contribution in [0.4, 0.5) is 11.4 Å². The summed E-state index contributed by atoms with van der Waals surface area (Å²) >= 11 is 0. The number of benzene rings is 2. The Morgan fingerprint density at radius 3 is 2.52 bits per heavy atom. The van der Waals surface area contributed by atoms with Crippen molar-refractivity contribution in [2.75, 3.05) is 29.9 Å². The molecule has 1 aliphatic rings. The quantitative estimate of drug-likeness (QED) is 0.750. The minimum Gasteiger partial charge on any atom is -0.368 e. The predicted molar refractivity (Wildman–Crippen MR) is 108 cm³/mol. The van der Waals surface area contributed by atoms with E-state index >= 15 is 0 Å². The summed E-state index contributed by atoms with van der Waals surface area (Å²) in [5.41, 5.74) is 3.65. The fourth-order valence-corrected chi connectivity index (χ4v) is 3.34. The van der Waals surface area contributed by atoms with Crippen LogP contribution in [-0.4, -0.2) is 30.5 Å². The van der Waals surface area contributed by atoms with Crippen molar-refractivity contribution in [3.05, 3.63) is 90.3 Å². The predicted octanol–water partition coefficient (Wildman–Crippen LogP) is 3.48. The third-order valence-electron chi connectivity index (χ3n) is 4.77. The van der Waals surface area contributed by atoms with Gasteiger partial charge >= 0.3 is 0 Å². The highest BCUT2D eigenvalue weighted by molar-refractivity contribution is 6.02. The summed E-state index contributed by atoms with van der Waals surface area (Å²) in [6.45, 7) is 2.82.